The number of hydrogen-bond donors (Lipinski definition) is 0. The van der Waals surface area contributed by atoms with E-state index in [9.17, 15) is 4.79 Å². The van der Waals surface area contributed by atoms with E-state index in [1.807, 2.05) is 44.3 Å². The Morgan fingerprint density at radius 3 is 2.59 bits per heavy atom. The van der Waals surface area contributed by atoms with Gasteiger partial charge in [0.1, 0.15) is 12.7 Å². The van der Waals surface area contributed by atoms with Gasteiger partial charge in [-0.1, -0.05) is 24.3 Å². The van der Waals surface area contributed by atoms with Gasteiger partial charge in [-0.05, 0) is 55.7 Å². The van der Waals surface area contributed by atoms with E-state index in [1.165, 1.54) is 17.5 Å². The van der Waals surface area contributed by atoms with Crippen LogP contribution in [0.4, 0.5) is 0 Å². The van der Waals surface area contributed by atoms with Gasteiger partial charge in [-0.15, -0.1) is 0 Å². The third-order valence-electron chi connectivity index (χ3n) is 5.93. The zero-order chi connectivity index (χ0) is 22.7. The number of hydrogen-bond acceptors (Lipinski definition) is 5. The van der Waals surface area contributed by atoms with Gasteiger partial charge in [0.15, 0.2) is 11.7 Å². The largest absolute Gasteiger partial charge is 0.441 e. The minimum atomic E-state index is -0.0528. The molecular formula is C25H27N5O2. The average molecular weight is 430 g/mol. The molecule has 4 aromatic rings. The van der Waals surface area contributed by atoms with Crippen molar-refractivity contribution >= 4 is 5.91 Å². The maximum atomic E-state index is 12.8. The predicted molar refractivity (Wildman–Crippen MR) is 122 cm³/mol. The van der Waals surface area contributed by atoms with Crippen LogP contribution in [0.2, 0.25) is 0 Å². The molecule has 0 radical (unpaired) electrons. The fourth-order valence-electron chi connectivity index (χ4n) is 3.53. The molecule has 0 bridgehead atoms. The zero-order valence-electron chi connectivity index (χ0n) is 18.8. The first-order chi connectivity index (χ1) is 15.4. The lowest BCUT2D eigenvalue weighted by molar-refractivity contribution is -0.131. The molecule has 2 aromatic heterocycles. The van der Waals surface area contributed by atoms with Gasteiger partial charge in [0, 0.05) is 25.5 Å². The van der Waals surface area contributed by atoms with Crippen LogP contribution < -0.4 is 0 Å². The van der Waals surface area contributed by atoms with Gasteiger partial charge in [-0.2, -0.15) is 5.10 Å². The Labute approximate surface area is 187 Å². The Kier molecular flexibility index (Phi) is 6.16. The normalized spacial score (nSPS) is 12.0. The maximum absolute atomic E-state index is 12.8. The Morgan fingerprint density at radius 2 is 1.91 bits per heavy atom. The van der Waals surface area contributed by atoms with Crippen LogP contribution in [0.15, 0.2) is 65.7 Å². The molecule has 0 saturated carbocycles. The Balaban J connectivity index is 1.35. The second-order valence-corrected chi connectivity index (χ2v) is 8.03. The second kappa shape index (κ2) is 9.18. The Bertz CT molecular complexity index is 1200. The van der Waals surface area contributed by atoms with Crippen molar-refractivity contribution in [2.45, 2.75) is 39.7 Å². The van der Waals surface area contributed by atoms with Crippen LogP contribution in [-0.4, -0.2) is 37.6 Å². The lowest BCUT2D eigenvalue weighted by Gasteiger charge is -2.25. The number of benzene rings is 2. The number of aryl methyl sites for hydroxylation is 3. The molecule has 32 heavy (non-hydrogen) atoms. The monoisotopic (exact) mass is 429 g/mol. The van der Waals surface area contributed by atoms with E-state index in [-0.39, 0.29) is 11.9 Å². The van der Waals surface area contributed by atoms with Gasteiger partial charge < -0.3 is 9.32 Å². The fourth-order valence-corrected chi connectivity index (χ4v) is 3.53. The summed E-state index contributed by atoms with van der Waals surface area (Å²) < 4.78 is 7.59. The molecule has 0 fully saturated rings. The van der Waals surface area contributed by atoms with Gasteiger partial charge in [-0.25, -0.2) is 14.6 Å². The summed E-state index contributed by atoms with van der Waals surface area (Å²) in [6, 6.07) is 14.1. The van der Waals surface area contributed by atoms with Gasteiger partial charge in [0.2, 0.25) is 5.91 Å². The molecule has 0 saturated heterocycles. The number of carbonyl (C=O) groups excluding carboxylic acids is 1. The van der Waals surface area contributed by atoms with Crippen molar-refractivity contribution < 1.29 is 9.21 Å². The molecule has 4 rings (SSSR count). The van der Waals surface area contributed by atoms with Crippen molar-refractivity contribution in [3.8, 4) is 17.0 Å². The van der Waals surface area contributed by atoms with Crippen molar-refractivity contribution in [2.75, 3.05) is 7.05 Å². The van der Waals surface area contributed by atoms with E-state index < -0.39 is 0 Å². The molecule has 0 spiro atoms. The molecule has 7 heteroatoms. The van der Waals surface area contributed by atoms with Crippen LogP contribution in [0.3, 0.4) is 0 Å². The first-order valence-corrected chi connectivity index (χ1v) is 10.7. The van der Waals surface area contributed by atoms with E-state index >= 15 is 0 Å². The Hall–Kier alpha value is -3.74. The first kappa shape index (κ1) is 21.5. The minimum absolute atomic E-state index is 0.0452. The molecular weight excluding hydrogens is 402 g/mol. The van der Waals surface area contributed by atoms with Crippen LogP contribution in [0.25, 0.3) is 17.0 Å². The van der Waals surface area contributed by atoms with E-state index in [4.69, 9.17) is 4.42 Å². The van der Waals surface area contributed by atoms with Crippen molar-refractivity contribution in [2.24, 2.45) is 0 Å². The van der Waals surface area contributed by atoms with Gasteiger partial charge in [0.25, 0.3) is 0 Å². The van der Waals surface area contributed by atoms with E-state index in [1.54, 1.807) is 22.1 Å². The van der Waals surface area contributed by atoms with Crippen molar-refractivity contribution in [1.29, 1.82) is 0 Å². The van der Waals surface area contributed by atoms with Crippen molar-refractivity contribution in [3.05, 3.63) is 83.9 Å². The van der Waals surface area contributed by atoms with Crippen LogP contribution in [0, 0.1) is 13.8 Å². The molecule has 0 N–H and O–H groups in total. The smallest absolute Gasteiger partial charge is 0.223 e. The number of carbonyl (C=O) groups is 1. The molecule has 0 aliphatic rings. The van der Waals surface area contributed by atoms with Crippen LogP contribution in [-0.2, 0) is 11.2 Å². The molecule has 2 heterocycles. The third-order valence-corrected chi connectivity index (χ3v) is 5.93. The molecule has 164 valence electrons. The number of amides is 1. The molecule has 0 aliphatic heterocycles. The summed E-state index contributed by atoms with van der Waals surface area (Å²) in [6.07, 6.45) is 5.69. The van der Waals surface area contributed by atoms with Gasteiger partial charge >= 0.3 is 0 Å². The number of nitrogens with zero attached hydrogens (tertiary/aromatic N) is 5. The minimum Gasteiger partial charge on any atom is -0.441 e. The number of oxazole rings is 1. The van der Waals surface area contributed by atoms with Crippen LogP contribution in [0.5, 0.6) is 0 Å². The highest BCUT2D eigenvalue weighted by Crippen LogP contribution is 2.24. The summed E-state index contributed by atoms with van der Waals surface area (Å²) in [5.74, 6) is 1.35. The summed E-state index contributed by atoms with van der Waals surface area (Å²) in [5, 5.41) is 4.13. The average Bonchev–Trinajstić information content (AvgIpc) is 3.51. The van der Waals surface area contributed by atoms with Crippen molar-refractivity contribution in [1.82, 2.24) is 24.6 Å². The van der Waals surface area contributed by atoms with E-state index in [0.717, 1.165) is 22.6 Å². The van der Waals surface area contributed by atoms with E-state index in [2.05, 4.69) is 41.0 Å². The van der Waals surface area contributed by atoms with Crippen molar-refractivity contribution in [3.63, 3.8) is 0 Å². The highest BCUT2D eigenvalue weighted by Gasteiger charge is 2.18. The summed E-state index contributed by atoms with van der Waals surface area (Å²) in [6.45, 7) is 6.18. The van der Waals surface area contributed by atoms with Gasteiger partial charge in [-0.3, -0.25) is 4.79 Å². The number of aromatic nitrogens is 4. The standard InChI is InChI=1S/C25H27N5O2/c1-17-5-6-21(13-18(17)2)23-14-27-24(32-23)11-12-25(31)29(4)19(3)20-7-9-22(10-8-20)30-16-26-15-28-30/h5-10,13-16,19H,11-12H2,1-4H3. The molecule has 1 atom stereocenters. The van der Waals surface area contributed by atoms with Crippen LogP contribution >= 0.6 is 0 Å². The van der Waals surface area contributed by atoms with Crippen LogP contribution in [0.1, 0.15) is 42.0 Å². The summed E-state index contributed by atoms with van der Waals surface area (Å²) in [7, 11) is 1.83. The third kappa shape index (κ3) is 4.61. The lowest BCUT2D eigenvalue weighted by atomic mass is 10.1. The Morgan fingerprint density at radius 1 is 1.12 bits per heavy atom. The highest BCUT2D eigenvalue weighted by atomic mass is 16.4. The quantitative estimate of drug-likeness (QED) is 0.426. The topological polar surface area (TPSA) is 77.1 Å². The summed E-state index contributed by atoms with van der Waals surface area (Å²) in [5.41, 5.74) is 5.43. The number of rotatable bonds is 7. The fraction of sp³-hybridized carbons (Fsp3) is 0.280. The molecule has 0 aliphatic carbocycles. The molecule has 1 unspecified atom stereocenters. The second-order valence-electron chi connectivity index (χ2n) is 8.03. The molecule has 2 aromatic carbocycles. The molecule has 1 amide bonds. The SMILES string of the molecule is Cc1ccc(-c2cnc(CCC(=O)N(C)C(C)c3ccc(-n4cncn4)cc3)o2)cc1C. The summed E-state index contributed by atoms with van der Waals surface area (Å²) in [4.78, 5) is 22.9. The lowest BCUT2D eigenvalue weighted by Crippen LogP contribution is -2.29. The maximum Gasteiger partial charge on any atom is 0.223 e. The highest BCUT2D eigenvalue weighted by molar-refractivity contribution is 5.76. The van der Waals surface area contributed by atoms with Gasteiger partial charge in [0.05, 0.1) is 17.9 Å². The predicted octanol–water partition coefficient (Wildman–Crippen LogP) is 4.69. The summed E-state index contributed by atoms with van der Waals surface area (Å²) >= 11 is 0. The van der Waals surface area contributed by atoms with E-state index in [0.29, 0.717) is 18.7 Å². The molecule has 7 nitrogen and oxygen atoms in total. The first-order valence-electron chi connectivity index (χ1n) is 10.7. The zero-order valence-corrected chi connectivity index (χ0v) is 18.8.